The summed E-state index contributed by atoms with van der Waals surface area (Å²) in [6.45, 7) is 0.593. The van der Waals surface area contributed by atoms with Crippen LogP contribution in [0.3, 0.4) is 0 Å². The Balaban J connectivity index is 1.53. The molecule has 0 aliphatic rings. The molecule has 0 saturated heterocycles. The Morgan fingerprint density at radius 3 is 2.18 bits per heavy atom. The number of nitro benzene ring substituents is 1. The normalized spacial score (nSPS) is 10.3. The van der Waals surface area contributed by atoms with E-state index < -0.39 is 4.92 Å². The number of aromatic nitrogens is 1. The molecule has 0 aliphatic carbocycles. The molecule has 0 atom stereocenters. The molecule has 0 bridgehead atoms. The molecule has 1 aromatic heterocycles. The SMILES string of the molecule is CSc1noc(-c2ccc(OCCOc3ccc([N+](=O)[O-])cc3)cc2)c1C#N. The number of nitrogens with zero attached hydrogens (tertiary/aromatic N) is 3. The first-order valence-electron chi connectivity index (χ1n) is 8.16. The van der Waals surface area contributed by atoms with Gasteiger partial charge in [0.1, 0.15) is 36.3 Å². The lowest BCUT2D eigenvalue weighted by molar-refractivity contribution is -0.384. The molecule has 0 spiro atoms. The van der Waals surface area contributed by atoms with Crippen molar-refractivity contribution in [2.75, 3.05) is 19.5 Å². The van der Waals surface area contributed by atoms with Crippen molar-refractivity contribution in [2.24, 2.45) is 0 Å². The monoisotopic (exact) mass is 397 g/mol. The Morgan fingerprint density at radius 2 is 1.68 bits per heavy atom. The lowest BCUT2D eigenvalue weighted by atomic mass is 10.1. The zero-order valence-electron chi connectivity index (χ0n) is 14.8. The highest BCUT2D eigenvalue weighted by atomic mass is 32.2. The van der Waals surface area contributed by atoms with E-state index in [0.717, 1.165) is 5.56 Å². The van der Waals surface area contributed by atoms with Crippen LogP contribution in [0.25, 0.3) is 11.3 Å². The first-order valence-corrected chi connectivity index (χ1v) is 9.39. The standard InChI is InChI=1S/C19H15N3O5S/c1-28-19-17(12-20)18(27-21-19)13-2-6-15(7-3-13)25-10-11-26-16-8-4-14(5-9-16)22(23)24/h2-9H,10-11H2,1H3. The number of ether oxygens (including phenoxy) is 2. The zero-order valence-corrected chi connectivity index (χ0v) is 15.6. The second-order valence-electron chi connectivity index (χ2n) is 5.48. The van der Waals surface area contributed by atoms with Crippen LogP contribution in [-0.2, 0) is 0 Å². The maximum Gasteiger partial charge on any atom is 0.269 e. The van der Waals surface area contributed by atoms with Gasteiger partial charge in [-0.1, -0.05) is 5.16 Å². The van der Waals surface area contributed by atoms with Gasteiger partial charge in [-0.15, -0.1) is 11.8 Å². The summed E-state index contributed by atoms with van der Waals surface area (Å²) in [6, 6.07) is 15.1. The number of thioether (sulfide) groups is 1. The zero-order chi connectivity index (χ0) is 19.9. The van der Waals surface area contributed by atoms with E-state index >= 15 is 0 Å². The van der Waals surface area contributed by atoms with E-state index in [1.165, 1.54) is 23.9 Å². The fourth-order valence-electron chi connectivity index (χ4n) is 2.40. The van der Waals surface area contributed by atoms with Gasteiger partial charge in [0.15, 0.2) is 10.8 Å². The summed E-state index contributed by atoms with van der Waals surface area (Å²) in [6.07, 6.45) is 1.83. The molecule has 0 saturated carbocycles. The van der Waals surface area contributed by atoms with Gasteiger partial charge in [-0.25, -0.2) is 0 Å². The van der Waals surface area contributed by atoms with E-state index in [9.17, 15) is 15.4 Å². The van der Waals surface area contributed by atoms with Gasteiger partial charge in [-0.05, 0) is 42.7 Å². The van der Waals surface area contributed by atoms with Crippen molar-refractivity contribution in [2.45, 2.75) is 5.03 Å². The van der Waals surface area contributed by atoms with E-state index in [1.54, 1.807) is 36.4 Å². The molecule has 0 aliphatic heterocycles. The summed E-state index contributed by atoms with van der Waals surface area (Å²) < 4.78 is 16.4. The van der Waals surface area contributed by atoms with E-state index in [2.05, 4.69) is 11.2 Å². The lowest BCUT2D eigenvalue weighted by Gasteiger charge is -2.08. The van der Waals surface area contributed by atoms with Gasteiger partial charge in [-0.3, -0.25) is 10.1 Å². The topological polar surface area (TPSA) is 111 Å². The van der Waals surface area contributed by atoms with Gasteiger partial charge in [-0.2, -0.15) is 5.26 Å². The Hall–Kier alpha value is -3.51. The molecule has 9 heteroatoms. The Labute approximate surface area is 164 Å². The number of hydrogen-bond donors (Lipinski definition) is 0. The average Bonchev–Trinajstić information content (AvgIpc) is 3.15. The minimum atomic E-state index is -0.462. The van der Waals surface area contributed by atoms with Crippen molar-refractivity contribution < 1.29 is 18.9 Å². The number of hydrogen-bond acceptors (Lipinski definition) is 8. The molecule has 3 aromatic rings. The molecule has 0 unspecified atom stereocenters. The third kappa shape index (κ3) is 4.42. The molecule has 8 nitrogen and oxygen atoms in total. The van der Waals surface area contributed by atoms with Crippen LogP contribution < -0.4 is 9.47 Å². The van der Waals surface area contributed by atoms with Crippen molar-refractivity contribution in [1.29, 1.82) is 5.26 Å². The van der Waals surface area contributed by atoms with Crippen molar-refractivity contribution in [3.63, 3.8) is 0 Å². The van der Waals surface area contributed by atoms with Crippen molar-refractivity contribution in [1.82, 2.24) is 5.16 Å². The van der Waals surface area contributed by atoms with Crippen molar-refractivity contribution in [3.8, 4) is 28.9 Å². The summed E-state index contributed by atoms with van der Waals surface area (Å²) in [5.74, 6) is 1.60. The molecule has 1 heterocycles. The van der Waals surface area contributed by atoms with E-state index in [-0.39, 0.29) is 12.3 Å². The first kappa shape index (κ1) is 19.3. The molecule has 28 heavy (non-hydrogen) atoms. The Morgan fingerprint density at radius 1 is 1.11 bits per heavy atom. The van der Waals surface area contributed by atoms with Gasteiger partial charge >= 0.3 is 0 Å². The minimum Gasteiger partial charge on any atom is -0.490 e. The molecular formula is C19H15N3O5S. The van der Waals surface area contributed by atoms with Crippen molar-refractivity contribution in [3.05, 3.63) is 64.2 Å². The highest BCUT2D eigenvalue weighted by Gasteiger charge is 2.16. The Kier molecular flexibility index (Phi) is 6.14. The van der Waals surface area contributed by atoms with Crippen LogP contribution in [-0.4, -0.2) is 29.5 Å². The van der Waals surface area contributed by atoms with Gasteiger partial charge in [0.25, 0.3) is 5.69 Å². The van der Waals surface area contributed by atoms with Gasteiger partial charge in [0, 0.05) is 17.7 Å². The van der Waals surface area contributed by atoms with Crippen LogP contribution in [0, 0.1) is 21.4 Å². The molecule has 0 amide bonds. The summed E-state index contributed by atoms with van der Waals surface area (Å²) >= 11 is 1.35. The van der Waals surface area contributed by atoms with Crippen LogP contribution in [0.4, 0.5) is 5.69 Å². The van der Waals surface area contributed by atoms with E-state index in [4.69, 9.17) is 14.0 Å². The first-order chi connectivity index (χ1) is 13.6. The van der Waals surface area contributed by atoms with Gasteiger partial charge < -0.3 is 14.0 Å². The lowest BCUT2D eigenvalue weighted by Crippen LogP contribution is -2.08. The fourth-order valence-corrected chi connectivity index (χ4v) is 2.85. The largest absolute Gasteiger partial charge is 0.490 e. The number of rotatable bonds is 8. The van der Waals surface area contributed by atoms with Crippen LogP contribution in [0.1, 0.15) is 5.56 Å². The number of non-ortho nitro benzene ring substituents is 1. The molecule has 142 valence electrons. The predicted molar refractivity (Wildman–Crippen MR) is 103 cm³/mol. The maximum absolute atomic E-state index is 10.6. The van der Waals surface area contributed by atoms with Crippen LogP contribution in [0.15, 0.2) is 58.1 Å². The second kappa shape index (κ2) is 8.92. The minimum absolute atomic E-state index is 0.0136. The highest BCUT2D eigenvalue weighted by Crippen LogP contribution is 2.31. The van der Waals surface area contributed by atoms with Crippen LogP contribution >= 0.6 is 11.8 Å². The summed E-state index contributed by atoms with van der Waals surface area (Å²) in [5.41, 5.74) is 1.16. The van der Waals surface area contributed by atoms with Crippen molar-refractivity contribution >= 4 is 17.4 Å². The summed E-state index contributed by atoms with van der Waals surface area (Å²) in [7, 11) is 0. The number of nitriles is 1. The highest BCUT2D eigenvalue weighted by molar-refractivity contribution is 7.98. The van der Waals surface area contributed by atoms with E-state index in [1.807, 2.05) is 6.26 Å². The van der Waals surface area contributed by atoms with Crippen LogP contribution in [0.2, 0.25) is 0 Å². The smallest absolute Gasteiger partial charge is 0.269 e. The summed E-state index contributed by atoms with van der Waals surface area (Å²) in [5, 5.41) is 24.3. The van der Waals surface area contributed by atoms with Gasteiger partial charge in [0.2, 0.25) is 0 Å². The second-order valence-corrected chi connectivity index (χ2v) is 6.28. The molecule has 0 N–H and O–H groups in total. The predicted octanol–water partition coefficient (Wildman–Crippen LogP) is 4.30. The fraction of sp³-hybridized carbons (Fsp3) is 0.158. The van der Waals surface area contributed by atoms with E-state index in [0.29, 0.717) is 34.5 Å². The summed E-state index contributed by atoms with van der Waals surface area (Å²) in [4.78, 5) is 10.2. The van der Waals surface area contributed by atoms with Crippen LogP contribution in [0.5, 0.6) is 11.5 Å². The quantitative estimate of drug-likeness (QED) is 0.239. The number of benzene rings is 2. The maximum atomic E-state index is 10.6. The average molecular weight is 397 g/mol. The third-order valence-corrected chi connectivity index (χ3v) is 4.42. The number of nitro groups is 1. The molecule has 3 rings (SSSR count). The van der Waals surface area contributed by atoms with Gasteiger partial charge in [0.05, 0.1) is 4.92 Å². The molecule has 0 radical (unpaired) electrons. The molecule has 2 aromatic carbocycles. The molecule has 0 fully saturated rings. The third-order valence-electron chi connectivity index (χ3n) is 3.75. The molecular weight excluding hydrogens is 382 g/mol. The Bertz CT molecular complexity index is 994.